The van der Waals surface area contributed by atoms with Crippen molar-refractivity contribution < 1.29 is 4.79 Å². The average Bonchev–Trinajstić information content (AvgIpc) is 2.21. The third-order valence-electron chi connectivity index (χ3n) is 4.40. The number of rotatable bonds is 1. The Hall–Kier alpha value is 0.600. The second-order valence-electron chi connectivity index (χ2n) is 6.01. The number of hydrogen-bond donors (Lipinski definition) is 0. The Morgan fingerprint density at radius 3 is 2.59 bits per heavy atom. The monoisotopic (exact) mass is 294 g/mol. The fourth-order valence-corrected chi connectivity index (χ4v) is 6.67. The van der Waals surface area contributed by atoms with Crippen molar-refractivity contribution in [3.8, 4) is 0 Å². The highest BCUT2D eigenvalue weighted by Crippen LogP contribution is 2.54. The summed E-state index contributed by atoms with van der Waals surface area (Å²) in [5.74, 6) is 1.65. The first-order valence-electron chi connectivity index (χ1n) is 6.25. The zero-order valence-corrected chi connectivity index (χ0v) is 12.9. The summed E-state index contributed by atoms with van der Waals surface area (Å²) >= 11 is 15.0. The summed E-state index contributed by atoms with van der Waals surface area (Å²) in [6.45, 7) is 6.19. The van der Waals surface area contributed by atoms with E-state index in [1.54, 1.807) is 6.92 Å². The number of carbonyl (C=O) groups is 1. The minimum atomic E-state index is -0.0570. The Labute approximate surface area is 118 Å². The summed E-state index contributed by atoms with van der Waals surface area (Å²) in [5.41, 5.74) is 0.198. The van der Waals surface area contributed by atoms with Gasteiger partial charge in [0.15, 0.2) is 0 Å². The quantitative estimate of drug-likeness (QED) is 0.681. The molecular formula is C13H20Cl2OS. The second kappa shape index (κ2) is 4.94. The van der Waals surface area contributed by atoms with E-state index in [0.717, 1.165) is 18.6 Å². The molecule has 17 heavy (non-hydrogen) atoms. The lowest BCUT2D eigenvalue weighted by molar-refractivity contribution is -0.122. The van der Waals surface area contributed by atoms with E-state index in [1.165, 1.54) is 0 Å². The van der Waals surface area contributed by atoms with Crippen molar-refractivity contribution in [2.24, 2.45) is 17.3 Å². The van der Waals surface area contributed by atoms with Crippen molar-refractivity contribution in [1.29, 1.82) is 0 Å². The summed E-state index contributed by atoms with van der Waals surface area (Å²) in [6, 6.07) is 0. The van der Waals surface area contributed by atoms with E-state index in [0.29, 0.717) is 11.2 Å². The molecule has 2 fully saturated rings. The first-order chi connectivity index (χ1) is 7.84. The van der Waals surface area contributed by atoms with Crippen LogP contribution in [0.5, 0.6) is 0 Å². The molecule has 1 heterocycles. The molecule has 1 nitrogen and oxygen atoms in total. The molecule has 0 radical (unpaired) electrons. The first-order valence-corrected chi connectivity index (χ1v) is 8.17. The van der Waals surface area contributed by atoms with Crippen molar-refractivity contribution >= 4 is 40.7 Å². The molecule has 2 aliphatic rings. The number of alkyl halides is 2. The SMILES string of the molecule is CC(=O)C1CC(Cl)C2SCCC(C)(C)C2C1Cl. The van der Waals surface area contributed by atoms with E-state index in [1.807, 2.05) is 11.8 Å². The summed E-state index contributed by atoms with van der Waals surface area (Å²) in [4.78, 5) is 11.7. The van der Waals surface area contributed by atoms with Crippen molar-refractivity contribution in [3.05, 3.63) is 0 Å². The van der Waals surface area contributed by atoms with E-state index in [9.17, 15) is 4.79 Å². The van der Waals surface area contributed by atoms with E-state index in [4.69, 9.17) is 23.2 Å². The van der Waals surface area contributed by atoms with Crippen LogP contribution in [-0.2, 0) is 4.79 Å². The molecular weight excluding hydrogens is 275 g/mol. The molecule has 0 N–H and O–H groups in total. The minimum absolute atomic E-state index is 0.0460. The zero-order valence-electron chi connectivity index (χ0n) is 10.6. The predicted molar refractivity (Wildman–Crippen MR) is 76.2 cm³/mol. The summed E-state index contributed by atoms with van der Waals surface area (Å²) in [7, 11) is 0. The maximum atomic E-state index is 11.7. The number of ketones is 1. The lowest BCUT2D eigenvalue weighted by Gasteiger charge is -2.52. The van der Waals surface area contributed by atoms with Gasteiger partial charge < -0.3 is 0 Å². The fourth-order valence-electron chi connectivity index (χ4n) is 3.26. The van der Waals surface area contributed by atoms with Crippen LogP contribution in [0.15, 0.2) is 0 Å². The molecule has 0 bridgehead atoms. The van der Waals surface area contributed by atoms with Crippen LogP contribution in [0.25, 0.3) is 0 Å². The Morgan fingerprint density at radius 2 is 2.00 bits per heavy atom. The highest BCUT2D eigenvalue weighted by Gasteiger charge is 2.52. The number of carbonyl (C=O) groups excluding carboxylic acids is 1. The van der Waals surface area contributed by atoms with Crippen LogP contribution < -0.4 is 0 Å². The van der Waals surface area contributed by atoms with Crippen molar-refractivity contribution in [2.45, 2.75) is 49.6 Å². The van der Waals surface area contributed by atoms with Crippen LogP contribution in [0.1, 0.15) is 33.6 Å². The fraction of sp³-hybridized carbons (Fsp3) is 0.923. The van der Waals surface area contributed by atoms with Gasteiger partial charge in [-0.1, -0.05) is 13.8 Å². The van der Waals surface area contributed by atoms with Crippen molar-refractivity contribution in [1.82, 2.24) is 0 Å². The maximum Gasteiger partial charge on any atom is 0.134 e. The predicted octanol–water partition coefficient (Wildman–Crippen LogP) is 3.96. The van der Waals surface area contributed by atoms with Gasteiger partial charge >= 0.3 is 0 Å². The molecule has 5 atom stereocenters. The van der Waals surface area contributed by atoms with E-state index in [-0.39, 0.29) is 27.9 Å². The third kappa shape index (κ3) is 2.50. The molecule has 0 aromatic rings. The third-order valence-corrected chi connectivity index (χ3v) is 7.02. The number of Topliss-reactive ketones (excluding diaryl/α,β-unsaturated/α-hetero) is 1. The number of halogens is 2. The molecule has 1 saturated heterocycles. The van der Waals surface area contributed by atoms with Crippen LogP contribution in [0.2, 0.25) is 0 Å². The van der Waals surface area contributed by atoms with Gasteiger partial charge in [0.2, 0.25) is 0 Å². The van der Waals surface area contributed by atoms with E-state index in [2.05, 4.69) is 13.8 Å². The van der Waals surface area contributed by atoms with Gasteiger partial charge in [-0.15, -0.1) is 23.2 Å². The topological polar surface area (TPSA) is 17.1 Å². The summed E-state index contributed by atoms with van der Waals surface area (Å²) in [6.07, 6.45) is 1.91. The van der Waals surface area contributed by atoms with Crippen molar-refractivity contribution in [2.75, 3.05) is 5.75 Å². The largest absolute Gasteiger partial charge is 0.300 e. The minimum Gasteiger partial charge on any atom is -0.300 e. The highest BCUT2D eigenvalue weighted by atomic mass is 35.5. The number of fused-ring (bicyclic) bond motifs is 1. The molecule has 98 valence electrons. The number of thioether (sulfide) groups is 1. The molecule has 1 aliphatic carbocycles. The molecule has 4 heteroatoms. The van der Waals surface area contributed by atoms with Gasteiger partial charge in [0, 0.05) is 21.9 Å². The Kier molecular flexibility index (Phi) is 4.07. The van der Waals surface area contributed by atoms with Gasteiger partial charge in [0.25, 0.3) is 0 Å². The normalized spacial score (nSPS) is 45.1. The highest BCUT2D eigenvalue weighted by molar-refractivity contribution is 8.00. The summed E-state index contributed by atoms with van der Waals surface area (Å²) < 4.78 is 0. The molecule has 2 rings (SSSR count). The standard InChI is InChI=1S/C13H20Cl2OS/c1-7(16)8-6-9(14)12-10(11(8)15)13(2,3)4-5-17-12/h8-12H,4-6H2,1-3H3. The van der Waals surface area contributed by atoms with Gasteiger partial charge in [-0.3, -0.25) is 4.79 Å². The maximum absolute atomic E-state index is 11.7. The Bertz CT molecular complexity index is 319. The van der Waals surface area contributed by atoms with E-state index < -0.39 is 0 Å². The average molecular weight is 295 g/mol. The Balaban J connectivity index is 2.29. The lowest BCUT2D eigenvalue weighted by atomic mass is 9.65. The molecule has 0 aromatic heterocycles. The first kappa shape index (κ1) is 14.0. The van der Waals surface area contributed by atoms with Gasteiger partial charge in [-0.05, 0) is 36.9 Å². The van der Waals surface area contributed by atoms with Crippen LogP contribution in [0, 0.1) is 17.3 Å². The summed E-state index contributed by atoms with van der Waals surface area (Å²) in [5, 5.41) is 0.460. The van der Waals surface area contributed by atoms with E-state index >= 15 is 0 Å². The van der Waals surface area contributed by atoms with Crippen molar-refractivity contribution in [3.63, 3.8) is 0 Å². The van der Waals surface area contributed by atoms with Crippen LogP contribution in [-0.4, -0.2) is 27.5 Å². The molecule has 0 amide bonds. The van der Waals surface area contributed by atoms with Crippen LogP contribution in [0.3, 0.4) is 0 Å². The van der Waals surface area contributed by atoms with Crippen LogP contribution >= 0.6 is 35.0 Å². The van der Waals surface area contributed by atoms with Gasteiger partial charge in [0.05, 0.1) is 0 Å². The molecule has 1 saturated carbocycles. The molecule has 0 spiro atoms. The second-order valence-corrected chi connectivity index (χ2v) is 8.36. The zero-order chi connectivity index (χ0) is 12.8. The smallest absolute Gasteiger partial charge is 0.134 e. The van der Waals surface area contributed by atoms with Gasteiger partial charge in [0.1, 0.15) is 5.78 Å². The molecule has 1 aliphatic heterocycles. The van der Waals surface area contributed by atoms with Crippen LogP contribution in [0.4, 0.5) is 0 Å². The Morgan fingerprint density at radius 1 is 1.35 bits per heavy atom. The van der Waals surface area contributed by atoms with Gasteiger partial charge in [-0.2, -0.15) is 11.8 Å². The lowest BCUT2D eigenvalue weighted by Crippen LogP contribution is -2.54. The number of hydrogen-bond acceptors (Lipinski definition) is 2. The van der Waals surface area contributed by atoms with Gasteiger partial charge in [-0.25, -0.2) is 0 Å². The molecule has 5 unspecified atom stereocenters. The molecule has 0 aromatic carbocycles.